The molecule has 2 amide bonds. The van der Waals surface area contributed by atoms with Gasteiger partial charge in [0.15, 0.2) is 0 Å². The third-order valence-electron chi connectivity index (χ3n) is 4.88. The van der Waals surface area contributed by atoms with E-state index < -0.39 is 6.04 Å². The topological polar surface area (TPSA) is 75.9 Å². The van der Waals surface area contributed by atoms with Gasteiger partial charge in [0.1, 0.15) is 6.61 Å². The minimum atomic E-state index is -0.500. The highest BCUT2D eigenvalue weighted by Crippen LogP contribution is 2.30. The number of likely N-dealkylation sites (tertiary alicyclic amines) is 1. The third kappa shape index (κ3) is 4.51. The summed E-state index contributed by atoms with van der Waals surface area (Å²) < 4.78 is 5.47. The summed E-state index contributed by atoms with van der Waals surface area (Å²) in [4.78, 5) is 28.5. The van der Waals surface area contributed by atoms with Crippen molar-refractivity contribution in [1.82, 2.24) is 9.80 Å². The molecule has 6 heteroatoms. The van der Waals surface area contributed by atoms with Crippen LogP contribution in [0.2, 0.25) is 0 Å². The predicted octanol–water partition coefficient (Wildman–Crippen LogP) is 2.13. The quantitative estimate of drug-likeness (QED) is 0.857. The second-order valence-electron chi connectivity index (χ2n) is 7.04. The number of carbonyl (C=O) groups excluding carboxylic acids is 2. The molecule has 0 bridgehead atoms. The summed E-state index contributed by atoms with van der Waals surface area (Å²) in [6, 6.07) is 9.47. The van der Waals surface area contributed by atoms with E-state index in [9.17, 15) is 9.59 Å². The van der Waals surface area contributed by atoms with Gasteiger partial charge in [0.2, 0.25) is 5.91 Å². The lowest BCUT2D eigenvalue weighted by atomic mass is 10.2. The smallest absolute Gasteiger partial charge is 0.410 e. The van der Waals surface area contributed by atoms with Crippen molar-refractivity contribution in [2.75, 3.05) is 13.1 Å². The Morgan fingerprint density at radius 1 is 1.28 bits per heavy atom. The summed E-state index contributed by atoms with van der Waals surface area (Å²) in [6.45, 7) is 3.24. The number of carbonyl (C=O) groups is 2. The summed E-state index contributed by atoms with van der Waals surface area (Å²) in [5, 5.41) is 0. The van der Waals surface area contributed by atoms with E-state index in [2.05, 4.69) is 0 Å². The van der Waals surface area contributed by atoms with Gasteiger partial charge >= 0.3 is 6.09 Å². The fourth-order valence-electron chi connectivity index (χ4n) is 3.36. The first-order valence-corrected chi connectivity index (χ1v) is 9.09. The molecule has 0 spiro atoms. The predicted molar refractivity (Wildman–Crippen MR) is 94.7 cm³/mol. The van der Waals surface area contributed by atoms with Gasteiger partial charge in [-0.15, -0.1) is 0 Å². The molecule has 2 aliphatic rings. The number of nitrogens with zero attached hydrogens (tertiary/aromatic N) is 2. The highest BCUT2D eigenvalue weighted by molar-refractivity contribution is 5.82. The molecule has 136 valence electrons. The van der Waals surface area contributed by atoms with Gasteiger partial charge in [-0.05, 0) is 38.2 Å². The van der Waals surface area contributed by atoms with E-state index in [0.717, 1.165) is 31.2 Å². The van der Waals surface area contributed by atoms with Gasteiger partial charge in [0.05, 0.1) is 12.1 Å². The lowest BCUT2D eigenvalue weighted by Crippen LogP contribution is -2.50. The number of rotatable bonds is 6. The van der Waals surface area contributed by atoms with Gasteiger partial charge in [-0.1, -0.05) is 30.3 Å². The largest absolute Gasteiger partial charge is 0.445 e. The van der Waals surface area contributed by atoms with Crippen LogP contribution in [0.1, 0.15) is 38.2 Å². The lowest BCUT2D eigenvalue weighted by Gasteiger charge is -2.31. The van der Waals surface area contributed by atoms with Crippen LogP contribution in [-0.4, -0.2) is 53.0 Å². The number of hydrogen-bond acceptors (Lipinski definition) is 4. The Kier molecular flexibility index (Phi) is 5.58. The van der Waals surface area contributed by atoms with Gasteiger partial charge in [-0.2, -0.15) is 0 Å². The second-order valence-corrected chi connectivity index (χ2v) is 7.04. The molecule has 1 aliphatic carbocycles. The van der Waals surface area contributed by atoms with Crippen LogP contribution in [-0.2, 0) is 16.1 Å². The van der Waals surface area contributed by atoms with Crippen LogP contribution in [0.4, 0.5) is 4.79 Å². The normalized spacial score (nSPS) is 21.0. The molecule has 25 heavy (non-hydrogen) atoms. The van der Waals surface area contributed by atoms with E-state index >= 15 is 0 Å². The fourth-order valence-corrected chi connectivity index (χ4v) is 3.36. The summed E-state index contributed by atoms with van der Waals surface area (Å²) in [5.41, 5.74) is 6.76. The van der Waals surface area contributed by atoms with Crippen LogP contribution >= 0.6 is 0 Å². The molecule has 1 aromatic carbocycles. The minimum Gasteiger partial charge on any atom is -0.445 e. The minimum absolute atomic E-state index is 0.0200. The van der Waals surface area contributed by atoms with Crippen LogP contribution in [0.25, 0.3) is 0 Å². The molecule has 6 nitrogen and oxygen atoms in total. The molecule has 2 N–H and O–H groups in total. The van der Waals surface area contributed by atoms with E-state index in [1.165, 1.54) is 0 Å². The number of ether oxygens (including phenoxy) is 1. The van der Waals surface area contributed by atoms with E-state index in [1.807, 2.05) is 35.2 Å². The van der Waals surface area contributed by atoms with Gasteiger partial charge < -0.3 is 20.3 Å². The maximum atomic E-state index is 12.5. The van der Waals surface area contributed by atoms with Crippen molar-refractivity contribution >= 4 is 12.0 Å². The zero-order valence-corrected chi connectivity index (χ0v) is 14.8. The van der Waals surface area contributed by atoms with Crippen LogP contribution in [0.15, 0.2) is 30.3 Å². The first-order chi connectivity index (χ1) is 12.1. The van der Waals surface area contributed by atoms with Crippen LogP contribution in [0.3, 0.4) is 0 Å². The highest BCUT2D eigenvalue weighted by atomic mass is 16.6. The Balaban J connectivity index is 1.57. The fraction of sp³-hybridized carbons (Fsp3) is 0.579. The van der Waals surface area contributed by atoms with Crippen molar-refractivity contribution in [2.45, 2.75) is 57.3 Å². The van der Waals surface area contributed by atoms with E-state index in [-0.39, 0.29) is 24.6 Å². The molecule has 1 heterocycles. The Morgan fingerprint density at radius 3 is 2.64 bits per heavy atom. The van der Waals surface area contributed by atoms with Crippen molar-refractivity contribution in [3.05, 3.63) is 35.9 Å². The van der Waals surface area contributed by atoms with Crippen molar-refractivity contribution in [2.24, 2.45) is 5.73 Å². The molecule has 1 aliphatic heterocycles. The molecular formula is C19H27N3O3. The van der Waals surface area contributed by atoms with Crippen LogP contribution in [0.5, 0.6) is 0 Å². The van der Waals surface area contributed by atoms with Gasteiger partial charge in [0, 0.05) is 19.1 Å². The molecule has 1 saturated heterocycles. The van der Waals surface area contributed by atoms with Gasteiger partial charge in [-0.3, -0.25) is 4.79 Å². The molecule has 1 aromatic rings. The zero-order chi connectivity index (χ0) is 17.8. The first-order valence-electron chi connectivity index (χ1n) is 9.09. The molecule has 0 aromatic heterocycles. The van der Waals surface area contributed by atoms with Crippen molar-refractivity contribution in [3.8, 4) is 0 Å². The Morgan fingerprint density at radius 2 is 2.00 bits per heavy atom. The van der Waals surface area contributed by atoms with E-state index in [0.29, 0.717) is 19.1 Å². The Bertz CT molecular complexity index is 601. The van der Waals surface area contributed by atoms with Crippen molar-refractivity contribution < 1.29 is 14.3 Å². The number of hydrogen-bond donors (Lipinski definition) is 1. The average Bonchev–Trinajstić information content (AvgIpc) is 3.35. The molecule has 0 unspecified atom stereocenters. The Hall–Kier alpha value is -2.08. The van der Waals surface area contributed by atoms with Crippen LogP contribution < -0.4 is 5.73 Å². The number of benzene rings is 1. The molecule has 0 radical (unpaired) electrons. The molecular weight excluding hydrogens is 318 g/mol. The molecule has 1 saturated carbocycles. The standard InChI is InChI=1S/C19H27N3O3/c1-14(20)18(23)22(16-9-10-16)12-17-8-5-11-21(17)19(24)25-13-15-6-3-2-4-7-15/h2-4,6-7,14,16-17H,5,8-13,20H2,1H3/t14-,17-/m0/s1. The van der Waals surface area contributed by atoms with E-state index in [1.54, 1.807) is 11.8 Å². The monoisotopic (exact) mass is 345 g/mol. The maximum Gasteiger partial charge on any atom is 0.410 e. The number of nitrogens with two attached hydrogens (primary N) is 1. The molecule has 2 atom stereocenters. The Labute approximate surface area is 148 Å². The summed E-state index contributed by atoms with van der Waals surface area (Å²) in [5.74, 6) is -0.0213. The lowest BCUT2D eigenvalue weighted by molar-refractivity contribution is -0.133. The van der Waals surface area contributed by atoms with Gasteiger partial charge in [0.25, 0.3) is 0 Å². The zero-order valence-electron chi connectivity index (χ0n) is 14.8. The maximum absolute atomic E-state index is 12.5. The van der Waals surface area contributed by atoms with Crippen LogP contribution in [0, 0.1) is 0 Å². The summed E-state index contributed by atoms with van der Waals surface area (Å²) in [7, 11) is 0. The van der Waals surface area contributed by atoms with Crippen molar-refractivity contribution in [1.29, 1.82) is 0 Å². The SMILES string of the molecule is C[C@H](N)C(=O)N(C[C@@H]1CCCN1C(=O)OCc1ccccc1)C1CC1. The van der Waals surface area contributed by atoms with Gasteiger partial charge in [-0.25, -0.2) is 4.79 Å². The number of amides is 2. The molecule has 2 fully saturated rings. The van der Waals surface area contributed by atoms with Crippen molar-refractivity contribution in [3.63, 3.8) is 0 Å². The first kappa shape index (κ1) is 17.7. The summed E-state index contributed by atoms with van der Waals surface area (Å²) >= 11 is 0. The van der Waals surface area contributed by atoms with E-state index in [4.69, 9.17) is 10.5 Å². The highest BCUT2D eigenvalue weighted by Gasteiger charge is 2.38. The molecule has 3 rings (SSSR count). The summed E-state index contributed by atoms with van der Waals surface area (Å²) in [6.07, 6.45) is 3.61. The second kappa shape index (κ2) is 7.87. The third-order valence-corrected chi connectivity index (χ3v) is 4.88. The average molecular weight is 345 g/mol.